The normalized spacial score (nSPS) is 18.9. The topological polar surface area (TPSA) is 82.2 Å². The van der Waals surface area contributed by atoms with Gasteiger partial charge in [0.25, 0.3) is 5.91 Å². The average Bonchev–Trinajstić information content (AvgIpc) is 3.13. The van der Waals surface area contributed by atoms with Gasteiger partial charge in [-0.05, 0) is 55.3 Å². The Balaban J connectivity index is 1.58. The molecule has 1 fully saturated rings. The fourth-order valence-corrected chi connectivity index (χ4v) is 4.75. The number of hydrogen-bond donors (Lipinski definition) is 1. The van der Waals surface area contributed by atoms with Crippen molar-refractivity contribution in [3.05, 3.63) is 81.8 Å². The molecule has 1 N–H and O–H groups in total. The van der Waals surface area contributed by atoms with E-state index >= 15 is 0 Å². The molecule has 0 aliphatic carbocycles. The SMILES string of the molecule is CCOC(=O)C1=C(CN2CCCN(C(=O)c3ccc(F)cc3)CC2)N(C)C(=O)N[C@H]1c1ccc(Cl)cc1. The first-order valence-corrected chi connectivity index (χ1v) is 12.6. The molecule has 2 aliphatic rings. The minimum atomic E-state index is -0.682. The quantitative estimate of drug-likeness (QED) is 0.576. The molecule has 196 valence electrons. The number of ether oxygens (including phenoxy) is 1. The Bertz CT molecular complexity index is 1190. The second kappa shape index (κ2) is 11.7. The molecule has 0 unspecified atom stereocenters. The van der Waals surface area contributed by atoms with E-state index in [1.165, 1.54) is 29.2 Å². The molecule has 0 bridgehead atoms. The van der Waals surface area contributed by atoms with Crippen molar-refractivity contribution in [2.75, 3.05) is 46.4 Å². The molecule has 2 aromatic rings. The van der Waals surface area contributed by atoms with Gasteiger partial charge < -0.3 is 15.0 Å². The summed E-state index contributed by atoms with van der Waals surface area (Å²) in [6.07, 6.45) is 0.714. The zero-order valence-electron chi connectivity index (χ0n) is 20.9. The van der Waals surface area contributed by atoms with Crippen molar-refractivity contribution >= 4 is 29.5 Å². The summed E-state index contributed by atoms with van der Waals surface area (Å²) in [4.78, 5) is 44.3. The van der Waals surface area contributed by atoms with Crippen LogP contribution in [-0.2, 0) is 9.53 Å². The summed E-state index contributed by atoms with van der Waals surface area (Å²) in [5, 5.41) is 3.45. The summed E-state index contributed by atoms with van der Waals surface area (Å²) < 4.78 is 18.7. The molecule has 0 aromatic heterocycles. The van der Waals surface area contributed by atoms with Crippen LogP contribution < -0.4 is 5.32 Å². The molecular formula is C27H30ClFN4O4. The molecule has 4 rings (SSSR count). The Morgan fingerprint density at radius 3 is 2.43 bits per heavy atom. The van der Waals surface area contributed by atoms with Crippen LogP contribution in [0.3, 0.4) is 0 Å². The smallest absolute Gasteiger partial charge is 0.338 e. The van der Waals surface area contributed by atoms with Gasteiger partial charge in [-0.2, -0.15) is 0 Å². The van der Waals surface area contributed by atoms with Crippen molar-refractivity contribution in [1.82, 2.24) is 20.0 Å². The van der Waals surface area contributed by atoms with Gasteiger partial charge in [0.05, 0.1) is 18.2 Å². The highest BCUT2D eigenvalue weighted by molar-refractivity contribution is 6.30. The van der Waals surface area contributed by atoms with E-state index in [0.717, 1.165) is 5.56 Å². The van der Waals surface area contributed by atoms with Crippen LogP contribution in [-0.4, -0.2) is 79.0 Å². The molecule has 0 spiro atoms. The first kappa shape index (κ1) is 26.6. The average molecular weight is 529 g/mol. The molecule has 37 heavy (non-hydrogen) atoms. The highest BCUT2D eigenvalue weighted by Gasteiger charge is 2.37. The lowest BCUT2D eigenvalue weighted by Crippen LogP contribution is -2.49. The zero-order valence-corrected chi connectivity index (χ0v) is 21.6. The number of likely N-dealkylation sites (N-methyl/N-ethyl adjacent to an activating group) is 1. The van der Waals surface area contributed by atoms with Gasteiger partial charge in [0, 0.05) is 56.1 Å². The van der Waals surface area contributed by atoms with Crippen LogP contribution in [0, 0.1) is 5.82 Å². The highest BCUT2D eigenvalue weighted by Crippen LogP contribution is 2.32. The second-order valence-corrected chi connectivity index (χ2v) is 9.44. The fraction of sp³-hybridized carbons (Fsp3) is 0.370. The van der Waals surface area contributed by atoms with Crippen LogP contribution in [0.15, 0.2) is 59.8 Å². The van der Waals surface area contributed by atoms with E-state index in [9.17, 15) is 18.8 Å². The van der Waals surface area contributed by atoms with Gasteiger partial charge in [-0.15, -0.1) is 0 Å². The Labute approximate surface area is 220 Å². The van der Waals surface area contributed by atoms with E-state index in [2.05, 4.69) is 10.2 Å². The van der Waals surface area contributed by atoms with Crippen molar-refractivity contribution in [3.63, 3.8) is 0 Å². The van der Waals surface area contributed by atoms with Crippen LogP contribution in [0.4, 0.5) is 9.18 Å². The number of nitrogens with one attached hydrogen (secondary N) is 1. The summed E-state index contributed by atoms with van der Waals surface area (Å²) in [6, 6.07) is 11.5. The maximum atomic E-state index is 13.3. The first-order valence-electron chi connectivity index (χ1n) is 12.3. The van der Waals surface area contributed by atoms with Gasteiger partial charge in [-0.1, -0.05) is 23.7 Å². The van der Waals surface area contributed by atoms with Gasteiger partial charge in [-0.25, -0.2) is 14.0 Å². The number of rotatable bonds is 6. The third-order valence-corrected chi connectivity index (χ3v) is 6.87. The summed E-state index contributed by atoms with van der Waals surface area (Å²) in [5.41, 5.74) is 2.09. The Morgan fingerprint density at radius 1 is 1.05 bits per heavy atom. The molecule has 0 saturated carbocycles. The number of hydrogen-bond acceptors (Lipinski definition) is 5. The van der Waals surface area contributed by atoms with Crippen molar-refractivity contribution in [2.45, 2.75) is 19.4 Å². The molecular weight excluding hydrogens is 499 g/mol. The lowest BCUT2D eigenvalue weighted by Gasteiger charge is -2.36. The van der Waals surface area contributed by atoms with E-state index in [0.29, 0.717) is 61.0 Å². The third kappa shape index (κ3) is 6.11. The number of carbonyl (C=O) groups is 3. The standard InChI is InChI=1S/C27H30ClFN4O4/c1-3-37-26(35)23-22(31(2)27(36)30-24(23)18-5-9-20(28)10-6-18)17-32-13-4-14-33(16-15-32)25(34)19-7-11-21(29)12-8-19/h5-12,24H,3-4,13-17H2,1-2H3,(H,30,36)/t24-/m0/s1. The number of nitrogens with zero attached hydrogens (tertiary/aromatic N) is 3. The lowest BCUT2D eigenvalue weighted by molar-refractivity contribution is -0.139. The molecule has 1 atom stereocenters. The number of halogens is 2. The lowest BCUT2D eigenvalue weighted by atomic mass is 9.94. The predicted molar refractivity (Wildman–Crippen MR) is 138 cm³/mol. The zero-order chi connectivity index (χ0) is 26.5. The maximum Gasteiger partial charge on any atom is 0.338 e. The fourth-order valence-electron chi connectivity index (χ4n) is 4.62. The molecule has 0 radical (unpaired) electrons. The van der Waals surface area contributed by atoms with E-state index in [1.807, 2.05) is 0 Å². The Kier molecular flexibility index (Phi) is 8.45. The molecule has 10 heteroatoms. The van der Waals surface area contributed by atoms with E-state index < -0.39 is 12.0 Å². The van der Waals surface area contributed by atoms with Crippen molar-refractivity contribution < 1.29 is 23.5 Å². The van der Waals surface area contributed by atoms with E-state index in [1.54, 1.807) is 43.1 Å². The third-order valence-electron chi connectivity index (χ3n) is 6.62. The maximum absolute atomic E-state index is 13.3. The van der Waals surface area contributed by atoms with Crippen LogP contribution in [0.25, 0.3) is 0 Å². The van der Waals surface area contributed by atoms with Crippen LogP contribution in [0.2, 0.25) is 5.02 Å². The number of amides is 3. The molecule has 2 aromatic carbocycles. The van der Waals surface area contributed by atoms with Gasteiger partial charge in [-0.3, -0.25) is 14.6 Å². The summed E-state index contributed by atoms with van der Waals surface area (Å²) in [7, 11) is 1.63. The van der Waals surface area contributed by atoms with Gasteiger partial charge in [0.1, 0.15) is 5.82 Å². The van der Waals surface area contributed by atoms with Crippen LogP contribution >= 0.6 is 11.6 Å². The highest BCUT2D eigenvalue weighted by atomic mass is 35.5. The number of benzene rings is 2. The molecule has 3 amide bonds. The van der Waals surface area contributed by atoms with Gasteiger partial charge in [0.2, 0.25) is 0 Å². The summed E-state index contributed by atoms with van der Waals surface area (Å²) in [5.74, 6) is -1.03. The Morgan fingerprint density at radius 2 is 1.76 bits per heavy atom. The largest absolute Gasteiger partial charge is 0.463 e. The molecule has 8 nitrogen and oxygen atoms in total. The minimum absolute atomic E-state index is 0.148. The molecule has 2 heterocycles. The predicted octanol–water partition coefficient (Wildman–Crippen LogP) is 3.84. The first-order chi connectivity index (χ1) is 17.8. The Hall–Kier alpha value is -3.43. The van der Waals surface area contributed by atoms with Crippen LogP contribution in [0.5, 0.6) is 0 Å². The number of carbonyl (C=O) groups excluding carboxylic acids is 3. The van der Waals surface area contributed by atoms with Gasteiger partial charge in [0.15, 0.2) is 0 Å². The molecule has 1 saturated heterocycles. The second-order valence-electron chi connectivity index (χ2n) is 9.00. The van der Waals surface area contributed by atoms with Crippen molar-refractivity contribution in [1.29, 1.82) is 0 Å². The number of urea groups is 1. The van der Waals surface area contributed by atoms with E-state index in [-0.39, 0.29) is 24.4 Å². The van der Waals surface area contributed by atoms with Gasteiger partial charge >= 0.3 is 12.0 Å². The van der Waals surface area contributed by atoms with E-state index in [4.69, 9.17) is 16.3 Å². The summed E-state index contributed by atoms with van der Waals surface area (Å²) >= 11 is 6.05. The van der Waals surface area contributed by atoms with Crippen molar-refractivity contribution in [3.8, 4) is 0 Å². The van der Waals surface area contributed by atoms with Crippen molar-refractivity contribution in [2.24, 2.45) is 0 Å². The van der Waals surface area contributed by atoms with Crippen LogP contribution in [0.1, 0.15) is 35.3 Å². The monoisotopic (exact) mass is 528 g/mol. The summed E-state index contributed by atoms with van der Waals surface area (Å²) in [6.45, 7) is 4.52. The molecule has 2 aliphatic heterocycles. The minimum Gasteiger partial charge on any atom is -0.463 e. The number of esters is 1.